The van der Waals surface area contributed by atoms with Crippen LogP contribution in [0.3, 0.4) is 0 Å². The molecule has 1 aromatic heterocycles. The highest BCUT2D eigenvalue weighted by molar-refractivity contribution is 5.68. The summed E-state index contributed by atoms with van der Waals surface area (Å²) in [5.41, 5.74) is 1.58. The predicted molar refractivity (Wildman–Crippen MR) is 79.9 cm³/mol. The molecule has 5 heteroatoms. The average molecular weight is 292 g/mol. The highest BCUT2D eigenvalue weighted by Gasteiger charge is 2.28. The predicted octanol–water partition coefficient (Wildman–Crippen LogP) is 2.69. The summed E-state index contributed by atoms with van der Waals surface area (Å²) in [5, 5.41) is 9.39. The van der Waals surface area contributed by atoms with Crippen LogP contribution in [0.4, 0.5) is 4.79 Å². The molecule has 0 aliphatic carbocycles. The summed E-state index contributed by atoms with van der Waals surface area (Å²) in [6.07, 6.45) is 5.01. The Bertz CT molecular complexity index is 489. The second kappa shape index (κ2) is 6.43. The van der Waals surface area contributed by atoms with Crippen molar-refractivity contribution < 1.29 is 14.6 Å². The van der Waals surface area contributed by atoms with Gasteiger partial charge in [-0.25, -0.2) is 4.79 Å². The van der Waals surface area contributed by atoms with E-state index in [1.54, 1.807) is 17.3 Å². The zero-order chi connectivity index (χ0) is 15.5. The zero-order valence-corrected chi connectivity index (χ0v) is 13.0. The second-order valence-corrected chi connectivity index (χ2v) is 6.47. The third kappa shape index (κ3) is 4.17. The summed E-state index contributed by atoms with van der Waals surface area (Å²) in [4.78, 5) is 17.8. The Morgan fingerprint density at radius 1 is 1.43 bits per heavy atom. The van der Waals surface area contributed by atoms with Gasteiger partial charge in [0.25, 0.3) is 0 Å². The molecule has 2 rings (SSSR count). The number of pyridine rings is 1. The standard InChI is InChI=1S/C16H24N2O3/c1-16(2,3)21-15(20)18-8-5-12(6-9-18)14-4-7-17-10-13(14)11-19/h4,7,10,12,19H,5-6,8-9,11H2,1-3H3. The van der Waals surface area contributed by atoms with E-state index in [1.165, 1.54) is 0 Å². The van der Waals surface area contributed by atoms with Gasteiger partial charge in [-0.05, 0) is 56.7 Å². The number of likely N-dealkylation sites (tertiary alicyclic amines) is 1. The molecule has 0 aromatic carbocycles. The first-order chi connectivity index (χ1) is 9.90. The monoisotopic (exact) mass is 292 g/mol. The van der Waals surface area contributed by atoms with E-state index in [4.69, 9.17) is 4.74 Å². The van der Waals surface area contributed by atoms with Gasteiger partial charge in [-0.1, -0.05) is 0 Å². The third-order valence-corrected chi connectivity index (χ3v) is 3.70. The molecule has 0 radical (unpaired) electrons. The number of ether oxygens (including phenoxy) is 1. The van der Waals surface area contributed by atoms with E-state index in [1.807, 2.05) is 26.8 Å². The number of carbonyl (C=O) groups is 1. The summed E-state index contributed by atoms with van der Waals surface area (Å²) < 4.78 is 5.40. The molecule has 5 nitrogen and oxygen atoms in total. The largest absolute Gasteiger partial charge is 0.444 e. The Hall–Kier alpha value is -1.62. The van der Waals surface area contributed by atoms with Crippen LogP contribution in [0.25, 0.3) is 0 Å². The van der Waals surface area contributed by atoms with Crippen molar-refractivity contribution in [2.24, 2.45) is 0 Å². The molecule has 0 unspecified atom stereocenters. The van der Waals surface area contributed by atoms with E-state index >= 15 is 0 Å². The Labute approximate surface area is 125 Å². The maximum atomic E-state index is 12.0. The van der Waals surface area contributed by atoms with Gasteiger partial charge in [-0.2, -0.15) is 0 Å². The van der Waals surface area contributed by atoms with Crippen LogP contribution in [-0.2, 0) is 11.3 Å². The number of carbonyl (C=O) groups excluding carboxylic acids is 1. The van der Waals surface area contributed by atoms with Crippen molar-refractivity contribution in [1.82, 2.24) is 9.88 Å². The Morgan fingerprint density at radius 3 is 2.67 bits per heavy atom. The highest BCUT2D eigenvalue weighted by Crippen LogP contribution is 2.30. The van der Waals surface area contributed by atoms with Crippen molar-refractivity contribution in [3.05, 3.63) is 29.6 Å². The first kappa shape index (κ1) is 15.8. The van der Waals surface area contributed by atoms with Crippen LogP contribution in [0.15, 0.2) is 18.5 Å². The lowest BCUT2D eigenvalue weighted by atomic mass is 9.87. The van der Waals surface area contributed by atoms with Gasteiger partial charge in [0, 0.05) is 25.5 Å². The van der Waals surface area contributed by atoms with E-state index < -0.39 is 5.60 Å². The molecular formula is C16H24N2O3. The van der Waals surface area contributed by atoms with Crippen molar-refractivity contribution in [2.75, 3.05) is 13.1 Å². The van der Waals surface area contributed by atoms with Crippen LogP contribution < -0.4 is 0 Å². The van der Waals surface area contributed by atoms with E-state index in [-0.39, 0.29) is 12.7 Å². The minimum atomic E-state index is -0.455. The Morgan fingerprint density at radius 2 is 2.10 bits per heavy atom. The molecule has 2 heterocycles. The molecule has 1 aliphatic rings. The lowest BCUT2D eigenvalue weighted by Crippen LogP contribution is -2.41. The van der Waals surface area contributed by atoms with Crippen LogP contribution in [0, 0.1) is 0 Å². The summed E-state index contributed by atoms with van der Waals surface area (Å²) in [6, 6.07) is 1.97. The molecular weight excluding hydrogens is 268 g/mol. The van der Waals surface area contributed by atoms with Crippen molar-refractivity contribution in [3.8, 4) is 0 Å². The lowest BCUT2D eigenvalue weighted by molar-refractivity contribution is 0.0204. The summed E-state index contributed by atoms with van der Waals surface area (Å²) >= 11 is 0. The van der Waals surface area contributed by atoms with Gasteiger partial charge in [-0.15, -0.1) is 0 Å². The molecule has 0 saturated carbocycles. The van der Waals surface area contributed by atoms with Crippen LogP contribution in [-0.4, -0.2) is 39.8 Å². The van der Waals surface area contributed by atoms with Crippen LogP contribution in [0.5, 0.6) is 0 Å². The number of aromatic nitrogens is 1. The third-order valence-electron chi connectivity index (χ3n) is 3.70. The molecule has 1 fully saturated rings. The van der Waals surface area contributed by atoms with Crippen molar-refractivity contribution in [3.63, 3.8) is 0 Å². The van der Waals surface area contributed by atoms with Crippen LogP contribution in [0.2, 0.25) is 0 Å². The molecule has 116 valence electrons. The molecule has 0 bridgehead atoms. The van der Waals surface area contributed by atoms with Crippen molar-refractivity contribution >= 4 is 6.09 Å². The summed E-state index contributed by atoms with van der Waals surface area (Å²) in [7, 11) is 0. The van der Waals surface area contributed by atoms with E-state index in [0.717, 1.165) is 24.0 Å². The Kier molecular flexibility index (Phi) is 4.83. The number of hydrogen-bond acceptors (Lipinski definition) is 4. The van der Waals surface area contributed by atoms with Gasteiger partial charge in [0.1, 0.15) is 5.60 Å². The normalized spacial score (nSPS) is 16.9. The van der Waals surface area contributed by atoms with E-state index in [2.05, 4.69) is 4.98 Å². The fourth-order valence-electron chi connectivity index (χ4n) is 2.67. The molecule has 0 spiro atoms. The van der Waals surface area contributed by atoms with Gasteiger partial charge < -0.3 is 14.7 Å². The lowest BCUT2D eigenvalue weighted by Gasteiger charge is -2.34. The maximum Gasteiger partial charge on any atom is 0.410 e. The number of amides is 1. The highest BCUT2D eigenvalue weighted by atomic mass is 16.6. The Balaban J connectivity index is 1.96. The second-order valence-electron chi connectivity index (χ2n) is 6.47. The molecule has 1 aromatic rings. The minimum Gasteiger partial charge on any atom is -0.444 e. The number of nitrogens with zero attached hydrogens (tertiary/aromatic N) is 2. The number of aliphatic hydroxyl groups is 1. The fourth-order valence-corrected chi connectivity index (χ4v) is 2.67. The quantitative estimate of drug-likeness (QED) is 0.910. The number of piperidine rings is 1. The van der Waals surface area contributed by atoms with Gasteiger partial charge in [0.05, 0.1) is 6.61 Å². The van der Waals surface area contributed by atoms with Crippen LogP contribution >= 0.6 is 0 Å². The molecule has 1 saturated heterocycles. The van der Waals surface area contributed by atoms with Gasteiger partial charge in [0.2, 0.25) is 0 Å². The number of rotatable bonds is 2. The minimum absolute atomic E-state index is 0.00938. The van der Waals surface area contributed by atoms with Crippen molar-refractivity contribution in [1.29, 1.82) is 0 Å². The first-order valence-corrected chi connectivity index (χ1v) is 7.42. The number of hydrogen-bond donors (Lipinski definition) is 1. The van der Waals surface area contributed by atoms with Crippen LogP contribution in [0.1, 0.15) is 50.7 Å². The van der Waals surface area contributed by atoms with Gasteiger partial charge in [0.15, 0.2) is 0 Å². The fraction of sp³-hybridized carbons (Fsp3) is 0.625. The molecule has 1 amide bonds. The first-order valence-electron chi connectivity index (χ1n) is 7.42. The van der Waals surface area contributed by atoms with Gasteiger partial charge >= 0.3 is 6.09 Å². The SMILES string of the molecule is CC(C)(C)OC(=O)N1CCC(c2ccncc2CO)CC1. The topological polar surface area (TPSA) is 62.7 Å². The molecule has 1 N–H and O–H groups in total. The smallest absolute Gasteiger partial charge is 0.410 e. The number of aliphatic hydroxyl groups excluding tert-OH is 1. The molecule has 21 heavy (non-hydrogen) atoms. The van der Waals surface area contributed by atoms with E-state index in [0.29, 0.717) is 19.0 Å². The maximum absolute atomic E-state index is 12.0. The zero-order valence-electron chi connectivity index (χ0n) is 13.0. The molecule has 0 atom stereocenters. The van der Waals surface area contributed by atoms with Crippen molar-refractivity contribution in [2.45, 2.75) is 51.7 Å². The molecule has 1 aliphatic heterocycles. The summed E-state index contributed by atoms with van der Waals surface area (Å²) in [5.74, 6) is 0.369. The van der Waals surface area contributed by atoms with E-state index in [9.17, 15) is 9.90 Å². The average Bonchev–Trinajstić information content (AvgIpc) is 2.45. The van der Waals surface area contributed by atoms with Gasteiger partial charge in [-0.3, -0.25) is 4.98 Å². The summed E-state index contributed by atoms with van der Waals surface area (Å²) in [6.45, 7) is 7.02.